The fourth-order valence-corrected chi connectivity index (χ4v) is 7.21. The predicted molar refractivity (Wildman–Crippen MR) is 179 cm³/mol. The van der Waals surface area contributed by atoms with Gasteiger partial charge in [-0.25, -0.2) is 0 Å². The standard InChI is InChI=1S/C42H28/c1-26-9-11-27(12-10-26)36-19-15-28-18-22-39-37(20-16-29-17-21-38(36)41(28)42(29)39)33-7-4-6-30(23-33)31-13-14-34-24-32-5-2-3-8-35(32)40(34)25-31/h2-23,25H,24H2,1H3. The first-order chi connectivity index (χ1) is 20.7. The molecule has 0 amide bonds. The lowest BCUT2D eigenvalue weighted by molar-refractivity contribution is 1.26. The number of aryl methyl sites for hydroxylation is 1. The molecular weight excluding hydrogens is 504 g/mol. The Kier molecular flexibility index (Phi) is 4.98. The summed E-state index contributed by atoms with van der Waals surface area (Å²) in [5, 5.41) is 7.93. The summed E-state index contributed by atoms with van der Waals surface area (Å²) in [6.07, 6.45) is 1.03. The summed E-state index contributed by atoms with van der Waals surface area (Å²) in [5.74, 6) is 0. The number of hydrogen-bond donors (Lipinski definition) is 0. The Morgan fingerprint density at radius 1 is 0.381 bits per heavy atom. The van der Waals surface area contributed by atoms with Crippen molar-refractivity contribution in [3.8, 4) is 44.5 Å². The van der Waals surface area contributed by atoms with Gasteiger partial charge in [0.1, 0.15) is 0 Å². The first-order valence-corrected chi connectivity index (χ1v) is 14.8. The second-order valence-corrected chi connectivity index (χ2v) is 11.8. The van der Waals surface area contributed by atoms with Gasteiger partial charge in [-0.05, 0) is 113 Å². The average Bonchev–Trinajstić information content (AvgIpc) is 3.42. The van der Waals surface area contributed by atoms with Crippen molar-refractivity contribution < 1.29 is 0 Å². The molecule has 0 atom stereocenters. The molecular formula is C42H28. The van der Waals surface area contributed by atoms with E-state index in [1.165, 1.54) is 93.5 Å². The van der Waals surface area contributed by atoms with Crippen LogP contribution in [0, 0.1) is 6.92 Å². The van der Waals surface area contributed by atoms with Crippen LogP contribution in [0.3, 0.4) is 0 Å². The smallest absolute Gasteiger partial charge is 0.00134 e. The second-order valence-electron chi connectivity index (χ2n) is 11.8. The zero-order chi connectivity index (χ0) is 27.8. The highest BCUT2D eigenvalue weighted by atomic mass is 14.2. The molecule has 0 heteroatoms. The minimum Gasteiger partial charge on any atom is -0.0619 e. The summed E-state index contributed by atoms with van der Waals surface area (Å²) in [7, 11) is 0. The third-order valence-corrected chi connectivity index (χ3v) is 9.33. The Balaban J connectivity index is 1.21. The molecule has 9 rings (SSSR count). The molecule has 0 saturated heterocycles. The Bertz CT molecular complexity index is 2320. The molecule has 0 bridgehead atoms. The Labute approximate surface area is 245 Å². The molecule has 0 unspecified atom stereocenters. The van der Waals surface area contributed by atoms with Crippen LogP contribution in [-0.2, 0) is 6.42 Å². The van der Waals surface area contributed by atoms with Crippen molar-refractivity contribution >= 4 is 32.3 Å². The Morgan fingerprint density at radius 2 is 0.976 bits per heavy atom. The van der Waals surface area contributed by atoms with E-state index >= 15 is 0 Å². The molecule has 0 saturated carbocycles. The van der Waals surface area contributed by atoms with Crippen molar-refractivity contribution in [2.24, 2.45) is 0 Å². The molecule has 0 N–H and O–H groups in total. The summed E-state index contributed by atoms with van der Waals surface area (Å²) in [6, 6.07) is 52.2. The fraction of sp³-hybridized carbons (Fsp3) is 0.0476. The summed E-state index contributed by atoms with van der Waals surface area (Å²) in [4.78, 5) is 0. The minimum atomic E-state index is 1.03. The normalized spacial score (nSPS) is 12.3. The molecule has 0 heterocycles. The first-order valence-electron chi connectivity index (χ1n) is 14.8. The summed E-state index contributed by atoms with van der Waals surface area (Å²) in [5.41, 5.74) is 14.5. The van der Waals surface area contributed by atoms with Crippen molar-refractivity contribution in [2.75, 3.05) is 0 Å². The van der Waals surface area contributed by atoms with Crippen LogP contribution >= 0.6 is 0 Å². The number of hydrogen-bond acceptors (Lipinski definition) is 0. The molecule has 0 radical (unpaired) electrons. The van der Waals surface area contributed by atoms with Gasteiger partial charge in [-0.1, -0.05) is 133 Å². The quantitative estimate of drug-likeness (QED) is 0.199. The lowest BCUT2D eigenvalue weighted by Crippen LogP contribution is -1.90. The van der Waals surface area contributed by atoms with Gasteiger partial charge < -0.3 is 0 Å². The molecule has 1 aliphatic carbocycles. The van der Waals surface area contributed by atoms with Crippen LogP contribution in [0.1, 0.15) is 16.7 Å². The molecule has 8 aromatic rings. The topological polar surface area (TPSA) is 0 Å². The van der Waals surface area contributed by atoms with Crippen molar-refractivity contribution in [1.29, 1.82) is 0 Å². The summed E-state index contributed by atoms with van der Waals surface area (Å²) < 4.78 is 0. The van der Waals surface area contributed by atoms with Crippen LogP contribution < -0.4 is 0 Å². The zero-order valence-electron chi connectivity index (χ0n) is 23.5. The molecule has 0 fully saturated rings. The Morgan fingerprint density at radius 3 is 1.74 bits per heavy atom. The molecule has 0 aliphatic heterocycles. The molecule has 0 nitrogen and oxygen atoms in total. The van der Waals surface area contributed by atoms with Crippen LogP contribution in [0.25, 0.3) is 76.8 Å². The van der Waals surface area contributed by atoms with Gasteiger partial charge in [0.25, 0.3) is 0 Å². The van der Waals surface area contributed by atoms with Crippen molar-refractivity contribution in [2.45, 2.75) is 13.3 Å². The summed E-state index contributed by atoms with van der Waals surface area (Å²) in [6.45, 7) is 2.15. The van der Waals surface area contributed by atoms with Crippen LogP contribution in [0.2, 0.25) is 0 Å². The van der Waals surface area contributed by atoms with Gasteiger partial charge in [0.15, 0.2) is 0 Å². The lowest BCUT2D eigenvalue weighted by Gasteiger charge is -2.17. The molecule has 42 heavy (non-hydrogen) atoms. The van der Waals surface area contributed by atoms with E-state index in [9.17, 15) is 0 Å². The van der Waals surface area contributed by atoms with E-state index in [4.69, 9.17) is 0 Å². The van der Waals surface area contributed by atoms with E-state index in [0.29, 0.717) is 0 Å². The van der Waals surface area contributed by atoms with Gasteiger partial charge >= 0.3 is 0 Å². The molecule has 8 aromatic carbocycles. The van der Waals surface area contributed by atoms with Crippen LogP contribution in [-0.4, -0.2) is 0 Å². The van der Waals surface area contributed by atoms with E-state index < -0.39 is 0 Å². The maximum absolute atomic E-state index is 2.39. The lowest BCUT2D eigenvalue weighted by atomic mass is 9.87. The SMILES string of the molecule is Cc1ccc(-c2ccc3ccc4c(-c5cccc(-c6ccc7c(c6)-c6ccccc6C7)c5)ccc5ccc2c3c54)cc1. The van der Waals surface area contributed by atoms with Gasteiger partial charge in [0.2, 0.25) is 0 Å². The van der Waals surface area contributed by atoms with Gasteiger partial charge in [-0.3, -0.25) is 0 Å². The monoisotopic (exact) mass is 532 g/mol. The van der Waals surface area contributed by atoms with Crippen LogP contribution in [0.15, 0.2) is 140 Å². The van der Waals surface area contributed by atoms with E-state index in [-0.39, 0.29) is 0 Å². The highest BCUT2D eigenvalue weighted by Crippen LogP contribution is 2.43. The maximum atomic E-state index is 2.39. The molecule has 0 aromatic heterocycles. The minimum absolute atomic E-state index is 1.03. The van der Waals surface area contributed by atoms with Gasteiger partial charge in [-0.2, -0.15) is 0 Å². The number of rotatable bonds is 3. The molecule has 196 valence electrons. The highest BCUT2D eigenvalue weighted by Gasteiger charge is 2.19. The van der Waals surface area contributed by atoms with Gasteiger partial charge in [-0.15, -0.1) is 0 Å². The Hall–Kier alpha value is -5.20. The van der Waals surface area contributed by atoms with Crippen molar-refractivity contribution in [1.82, 2.24) is 0 Å². The van der Waals surface area contributed by atoms with Gasteiger partial charge in [0, 0.05) is 0 Å². The molecule has 1 aliphatic rings. The fourth-order valence-electron chi connectivity index (χ4n) is 7.21. The highest BCUT2D eigenvalue weighted by molar-refractivity contribution is 6.27. The molecule has 0 spiro atoms. The van der Waals surface area contributed by atoms with Crippen molar-refractivity contribution in [3.05, 3.63) is 156 Å². The predicted octanol–water partition coefficient (Wildman–Crippen LogP) is 11.5. The third kappa shape index (κ3) is 3.49. The second kappa shape index (κ2) is 8.90. The summed E-state index contributed by atoms with van der Waals surface area (Å²) >= 11 is 0. The zero-order valence-corrected chi connectivity index (χ0v) is 23.5. The van der Waals surface area contributed by atoms with Gasteiger partial charge in [0.05, 0.1) is 0 Å². The van der Waals surface area contributed by atoms with E-state index in [1.54, 1.807) is 0 Å². The first kappa shape index (κ1) is 23.5. The van der Waals surface area contributed by atoms with E-state index in [2.05, 4.69) is 146 Å². The maximum Gasteiger partial charge on any atom is -0.00134 e. The van der Waals surface area contributed by atoms with Crippen LogP contribution in [0.4, 0.5) is 0 Å². The van der Waals surface area contributed by atoms with E-state index in [0.717, 1.165) is 6.42 Å². The van der Waals surface area contributed by atoms with E-state index in [1.807, 2.05) is 0 Å². The van der Waals surface area contributed by atoms with Crippen molar-refractivity contribution in [3.63, 3.8) is 0 Å². The largest absolute Gasteiger partial charge is 0.0619 e. The number of fused-ring (bicyclic) bond motifs is 3. The number of benzene rings is 8. The third-order valence-electron chi connectivity index (χ3n) is 9.33. The van der Waals surface area contributed by atoms with Crippen LogP contribution in [0.5, 0.6) is 0 Å². The average molecular weight is 533 g/mol.